The van der Waals surface area contributed by atoms with Gasteiger partial charge < -0.3 is 18.9 Å². The summed E-state index contributed by atoms with van der Waals surface area (Å²) in [7, 11) is -6.23. The number of aromatic nitrogens is 4. The van der Waals surface area contributed by atoms with Gasteiger partial charge in [0.15, 0.2) is 14.3 Å². The molecule has 0 saturated carbocycles. The van der Waals surface area contributed by atoms with Crippen molar-refractivity contribution in [1.29, 1.82) is 0 Å². The molecule has 2 atom stereocenters. The summed E-state index contributed by atoms with van der Waals surface area (Å²) in [5, 5.41) is 4.60. The van der Waals surface area contributed by atoms with Crippen LogP contribution < -0.4 is 41.6 Å². The predicted octanol–water partition coefficient (Wildman–Crippen LogP) is 15.8. The number of benzene rings is 8. The molecule has 0 saturated heterocycles. The normalized spacial score (nSPS) is 14.9. The lowest BCUT2D eigenvalue weighted by molar-refractivity contribution is 0.591. The molecule has 84 heavy (non-hydrogen) atoms. The Morgan fingerprint density at radius 1 is 0.310 bits per heavy atom. The maximum atomic E-state index is 14.9. The summed E-state index contributed by atoms with van der Waals surface area (Å²) < 4.78 is 29.8. The monoisotopic (exact) mass is 1130 g/mol. The molecule has 0 amide bonds. The topological polar surface area (TPSA) is 92.2 Å². The minimum atomic E-state index is -3.12. The molecule has 14 rings (SSSR count). The molecule has 12 aromatic rings. The van der Waals surface area contributed by atoms with E-state index in [2.05, 4.69) is 179 Å². The van der Waals surface area contributed by atoms with Crippen molar-refractivity contribution in [2.75, 3.05) is 9.80 Å². The Labute approximate surface area is 491 Å². The Morgan fingerprint density at radius 3 is 1.14 bits per heavy atom. The molecular formula is C74H60N6O2P2. The molecule has 2 aliphatic heterocycles. The molecule has 8 nitrogen and oxygen atoms in total. The van der Waals surface area contributed by atoms with E-state index in [4.69, 9.17) is 0 Å². The first kappa shape index (κ1) is 53.7. The lowest BCUT2D eigenvalue weighted by Gasteiger charge is -2.42. The van der Waals surface area contributed by atoms with Gasteiger partial charge >= 0.3 is 0 Å². The SMILES string of the molecule is CC1(C)c2ccccc2N(c2ccc(P(=O)(c3ccccc3)c3cccnc3)cc2)c2ccc(-c3ccccn3)cc21.CC1(C)c2ccccc2N(c2ccc(P(=O)(c3ccccc3)c3cccnc3)cc2)c2ccc(-c3cccnc3)cc21. The van der Waals surface area contributed by atoms with Crippen LogP contribution in [0.5, 0.6) is 0 Å². The number of rotatable bonds is 10. The molecule has 8 aromatic carbocycles. The molecule has 4 aromatic heterocycles. The van der Waals surface area contributed by atoms with Gasteiger partial charge in [0.1, 0.15) is 0 Å². The fraction of sp³-hybridized carbons (Fsp3) is 0.0811. The first-order chi connectivity index (χ1) is 41.0. The summed E-state index contributed by atoms with van der Waals surface area (Å²) in [6.45, 7) is 9.17. The Balaban J connectivity index is 0.000000157. The highest BCUT2D eigenvalue weighted by Gasteiger charge is 2.40. The summed E-state index contributed by atoms with van der Waals surface area (Å²) in [5.74, 6) is 0. The minimum absolute atomic E-state index is 0.204. The van der Waals surface area contributed by atoms with Gasteiger partial charge in [-0.05, 0) is 161 Å². The average molecular weight is 1130 g/mol. The Bertz CT molecular complexity index is 4040. The smallest absolute Gasteiger partial charge is 0.172 e. The highest BCUT2D eigenvalue weighted by molar-refractivity contribution is 7.85. The molecule has 0 radical (unpaired) electrons. The van der Waals surface area contributed by atoms with E-state index in [1.165, 1.54) is 22.3 Å². The van der Waals surface area contributed by atoms with Gasteiger partial charge in [0.05, 0.1) is 28.4 Å². The van der Waals surface area contributed by atoms with Gasteiger partial charge in [-0.3, -0.25) is 19.9 Å². The number of hydrogen-bond donors (Lipinski definition) is 0. The second-order valence-electron chi connectivity index (χ2n) is 22.2. The van der Waals surface area contributed by atoms with Crippen molar-refractivity contribution in [2.24, 2.45) is 0 Å². The molecule has 0 fully saturated rings. The first-order valence-corrected chi connectivity index (χ1v) is 31.6. The van der Waals surface area contributed by atoms with Crippen molar-refractivity contribution in [2.45, 2.75) is 38.5 Å². The summed E-state index contributed by atoms with van der Waals surface area (Å²) in [6.07, 6.45) is 12.4. The van der Waals surface area contributed by atoms with Gasteiger partial charge in [-0.15, -0.1) is 0 Å². The van der Waals surface area contributed by atoms with Crippen LogP contribution in [0.15, 0.2) is 292 Å². The van der Waals surface area contributed by atoms with Crippen LogP contribution in [0.3, 0.4) is 0 Å². The second-order valence-corrected chi connectivity index (χ2v) is 27.8. The second kappa shape index (κ2) is 22.0. The summed E-state index contributed by atoms with van der Waals surface area (Å²) >= 11 is 0. The lowest BCUT2D eigenvalue weighted by Crippen LogP contribution is -2.31. The number of pyridine rings is 4. The minimum Gasteiger partial charge on any atom is -0.310 e. The third-order valence-corrected chi connectivity index (χ3v) is 22.7. The summed E-state index contributed by atoms with van der Waals surface area (Å²) in [6, 6.07) is 84.0. The van der Waals surface area contributed by atoms with E-state index in [0.29, 0.717) is 0 Å². The zero-order chi connectivity index (χ0) is 57.5. The zero-order valence-corrected chi connectivity index (χ0v) is 48.9. The largest absolute Gasteiger partial charge is 0.310 e. The Kier molecular flexibility index (Phi) is 14.0. The maximum absolute atomic E-state index is 14.9. The van der Waals surface area contributed by atoms with E-state index < -0.39 is 14.3 Å². The number of para-hydroxylation sites is 2. The van der Waals surface area contributed by atoms with Gasteiger partial charge in [-0.2, -0.15) is 0 Å². The van der Waals surface area contributed by atoms with Crippen LogP contribution in [0.25, 0.3) is 22.4 Å². The van der Waals surface area contributed by atoms with Gasteiger partial charge in [0.2, 0.25) is 0 Å². The van der Waals surface area contributed by atoms with E-state index in [1.807, 2.05) is 140 Å². The summed E-state index contributed by atoms with van der Waals surface area (Å²) in [5.41, 5.74) is 15.5. The molecule has 2 unspecified atom stereocenters. The van der Waals surface area contributed by atoms with Crippen molar-refractivity contribution in [1.82, 2.24) is 19.9 Å². The zero-order valence-electron chi connectivity index (χ0n) is 47.1. The number of nitrogens with zero attached hydrogens (tertiary/aromatic N) is 6. The van der Waals surface area contributed by atoms with Gasteiger partial charge in [0, 0.05) is 103 Å². The molecule has 0 bridgehead atoms. The van der Waals surface area contributed by atoms with Gasteiger partial charge in [0.25, 0.3) is 0 Å². The Hall–Kier alpha value is -9.58. The predicted molar refractivity (Wildman–Crippen MR) is 347 cm³/mol. The van der Waals surface area contributed by atoms with Crippen molar-refractivity contribution in [3.63, 3.8) is 0 Å². The fourth-order valence-corrected chi connectivity index (χ4v) is 17.4. The van der Waals surface area contributed by atoms with Crippen molar-refractivity contribution in [3.05, 3.63) is 314 Å². The lowest BCUT2D eigenvalue weighted by atomic mass is 9.73. The van der Waals surface area contributed by atoms with Crippen LogP contribution >= 0.6 is 14.3 Å². The van der Waals surface area contributed by atoms with Crippen molar-refractivity contribution >= 4 is 80.2 Å². The van der Waals surface area contributed by atoms with E-state index in [-0.39, 0.29) is 10.8 Å². The quantitative estimate of drug-likeness (QED) is 0.125. The molecule has 2 aliphatic rings. The van der Waals surface area contributed by atoms with E-state index >= 15 is 0 Å². The fourth-order valence-electron chi connectivity index (χ4n) is 12.2. The summed E-state index contributed by atoms with van der Waals surface area (Å²) in [4.78, 5) is 22.2. The molecule has 0 N–H and O–H groups in total. The molecule has 408 valence electrons. The number of hydrogen-bond acceptors (Lipinski definition) is 8. The van der Waals surface area contributed by atoms with Crippen LogP contribution in [0.4, 0.5) is 34.1 Å². The number of fused-ring (bicyclic) bond motifs is 4. The highest BCUT2D eigenvalue weighted by atomic mass is 31.2. The molecule has 0 aliphatic carbocycles. The van der Waals surface area contributed by atoms with Gasteiger partial charge in [-0.25, -0.2) is 0 Å². The van der Waals surface area contributed by atoms with E-state index in [0.717, 1.165) is 88.3 Å². The Morgan fingerprint density at radius 2 is 0.702 bits per heavy atom. The van der Waals surface area contributed by atoms with Gasteiger partial charge in [-0.1, -0.05) is 149 Å². The van der Waals surface area contributed by atoms with Crippen LogP contribution in [-0.2, 0) is 20.0 Å². The van der Waals surface area contributed by atoms with Crippen LogP contribution in [0.1, 0.15) is 49.9 Å². The average Bonchev–Trinajstić information content (AvgIpc) is 1.53. The molecular weight excluding hydrogens is 1070 g/mol. The highest BCUT2D eigenvalue weighted by Crippen LogP contribution is 2.55. The van der Waals surface area contributed by atoms with Crippen LogP contribution in [-0.4, -0.2) is 19.9 Å². The molecule has 0 spiro atoms. The third-order valence-electron chi connectivity index (χ3n) is 16.6. The third kappa shape index (κ3) is 9.38. The standard InChI is InChI=1S/2C37H30N3OP/c1-37(2)33-14-6-7-15-35(33)40(36-21-16-27(24-34(36)37)28-10-8-22-38-25-28)29-17-19-31(20-18-29)42(41,30-11-4-3-5-12-30)32-13-9-23-39-26-32;1-37(2)32-14-6-7-16-35(32)40(36-22-17-27(25-33(36)37)34-15-8-9-24-39-34)28-18-20-30(21-19-28)42(41,29-11-4-3-5-12-29)31-13-10-23-38-26-31/h2*3-26H,1-2H3. The maximum Gasteiger partial charge on any atom is 0.172 e. The van der Waals surface area contributed by atoms with Crippen molar-refractivity contribution < 1.29 is 9.13 Å². The van der Waals surface area contributed by atoms with Crippen LogP contribution in [0, 0.1) is 0 Å². The molecule has 6 heterocycles. The number of anilines is 6. The molecule has 10 heteroatoms. The van der Waals surface area contributed by atoms with E-state index in [1.54, 1.807) is 31.0 Å². The van der Waals surface area contributed by atoms with E-state index in [9.17, 15) is 9.13 Å². The van der Waals surface area contributed by atoms with Crippen LogP contribution in [0.2, 0.25) is 0 Å². The first-order valence-electron chi connectivity index (χ1n) is 28.2. The van der Waals surface area contributed by atoms with Crippen molar-refractivity contribution in [3.8, 4) is 22.4 Å².